The maximum Gasteiger partial charge on any atom is 0.152 e. The lowest BCUT2D eigenvalue weighted by atomic mass is 10.1. The van der Waals surface area contributed by atoms with Gasteiger partial charge in [-0.3, -0.25) is 39.9 Å². The highest BCUT2D eigenvalue weighted by molar-refractivity contribution is 6.35. The number of nitrogens with one attached hydrogen (secondary N) is 3. The molecule has 1 saturated carbocycles. The summed E-state index contributed by atoms with van der Waals surface area (Å²) in [5, 5.41) is 18.0. The van der Waals surface area contributed by atoms with Crippen LogP contribution in [0.15, 0.2) is 167 Å². The van der Waals surface area contributed by atoms with E-state index in [4.69, 9.17) is 11.6 Å². The lowest BCUT2D eigenvalue weighted by Crippen LogP contribution is -2.13. The predicted octanol–water partition coefficient (Wildman–Crippen LogP) is 11.7. The number of hydrogen-bond donors (Lipinski definition) is 3. The van der Waals surface area contributed by atoms with Crippen LogP contribution in [-0.4, -0.2) is 42.4 Å². The van der Waals surface area contributed by atoms with Gasteiger partial charge in [0.05, 0.1) is 25.3 Å². The van der Waals surface area contributed by atoms with Gasteiger partial charge in [-0.05, 0) is 108 Å². The standard InChI is InChI=1S/C19H16N4.C18H16N4.C17H12ClN3/c1-2-14-11-22-19(18(14)20-8-1)23-15-5-6-16-13(10-15)7-9-21-17(16)12-3-4-12;1-2-16-15-6-5-14(10-12(15)7-9-19-16)22-18-17-13(11-21-18)4-3-8-20-17;18-15-5-1-3-11-9-13(6-7-14(11)15)21-17-16-12(10-20-17)4-2-8-19-16/h1-2,5-10,12H,3-4,11H2,(H,22,23);3-10H,2,11H2,1H3,(H,21,22);1-9H,10H2,(H,20,21). The summed E-state index contributed by atoms with van der Waals surface area (Å²) < 4.78 is 0. The summed E-state index contributed by atoms with van der Waals surface area (Å²) in [6, 6.07) is 41.0. The zero-order chi connectivity index (χ0) is 44.4. The summed E-state index contributed by atoms with van der Waals surface area (Å²) in [4.78, 5) is 35.9. The Morgan fingerprint density at radius 2 is 0.939 bits per heavy atom. The molecule has 4 aliphatic rings. The van der Waals surface area contributed by atoms with E-state index < -0.39 is 0 Å². The van der Waals surface area contributed by atoms with Crippen LogP contribution < -0.4 is 16.0 Å². The van der Waals surface area contributed by atoms with E-state index in [1.54, 1.807) is 12.4 Å². The molecule has 13 rings (SSSR count). The summed E-state index contributed by atoms with van der Waals surface area (Å²) in [6.45, 7) is 4.21. The van der Waals surface area contributed by atoms with Gasteiger partial charge in [0.15, 0.2) is 17.5 Å². The van der Waals surface area contributed by atoms with Crippen molar-refractivity contribution in [3.63, 3.8) is 0 Å². The highest BCUT2D eigenvalue weighted by Crippen LogP contribution is 2.42. The third-order valence-electron chi connectivity index (χ3n) is 12.1. The Balaban J connectivity index is 0.000000110. The number of fused-ring (bicyclic) bond motifs is 6. The van der Waals surface area contributed by atoms with Gasteiger partial charge in [0.1, 0.15) is 17.1 Å². The third-order valence-corrected chi connectivity index (χ3v) is 12.5. The number of aryl methyl sites for hydroxylation is 1. The van der Waals surface area contributed by atoms with Gasteiger partial charge >= 0.3 is 0 Å². The number of amidine groups is 3. The molecule has 0 unspecified atom stereocenters. The number of nitrogens with zero attached hydrogens (tertiary/aromatic N) is 8. The van der Waals surface area contributed by atoms with Crippen LogP contribution in [-0.2, 0) is 26.1 Å². The molecule has 9 aromatic rings. The van der Waals surface area contributed by atoms with Crippen molar-refractivity contribution < 1.29 is 0 Å². The molecule has 5 aromatic heterocycles. The number of rotatable bonds is 5. The second-order valence-electron chi connectivity index (χ2n) is 16.5. The van der Waals surface area contributed by atoms with Gasteiger partial charge in [-0.15, -0.1) is 0 Å². The quantitative estimate of drug-likeness (QED) is 0.155. The zero-order valence-electron chi connectivity index (χ0n) is 36.2. The Morgan fingerprint density at radius 3 is 1.45 bits per heavy atom. The molecule has 1 aliphatic carbocycles. The smallest absolute Gasteiger partial charge is 0.152 e. The maximum absolute atomic E-state index is 6.19. The first-order valence-corrected chi connectivity index (χ1v) is 22.6. The van der Waals surface area contributed by atoms with E-state index in [0.29, 0.717) is 25.6 Å². The Morgan fingerprint density at radius 1 is 0.470 bits per heavy atom. The molecule has 1 fully saturated rings. The highest BCUT2D eigenvalue weighted by atomic mass is 35.5. The van der Waals surface area contributed by atoms with Crippen molar-refractivity contribution in [2.75, 3.05) is 16.0 Å². The van der Waals surface area contributed by atoms with Crippen molar-refractivity contribution in [2.45, 2.75) is 51.7 Å². The summed E-state index contributed by atoms with van der Waals surface area (Å²) in [6.07, 6.45) is 12.7. The van der Waals surface area contributed by atoms with Crippen LogP contribution in [0.1, 0.15) is 70.8 Å². The number of anilines is 3. The molecule has 0 amide bonds. The number of aromatic nitrogens is 5. The Hall–Kier alpha value is -7.89. The fraction of sp³-hybridized carbons (Fsp3) is 0.148. The Labute approximate surface area is 387 Å². The zero-order valence-corrected chi connectivity index (χ0v) is 37.0. The molecule has 3 N–H and O–H groups in total. The van der Waals surface area contributed by atoms with E-state index >= 15 is 0 Å². The van der Waals surface area contributed by atoms with Gasteiger partial charge in [-0.1, -0.05) is 67.1 Å². The van der Waals surface area contributed by atoms with Crippen molar-refractivity contribution in [1.29, 1.82) is 0 Å². The minimum Gasteiger partial charge on any atom is -0.339 e. The summed E-state index contributed by atoms with van der Waals surface area (Å²) in [7, 11) is 0. The molecule has 8 heterocycles. The molecule has 66 heavy (non-hydrogen) atoms. The predicted molar refractivity (Wildman–Crippen MR) is 268 cm³/mol. The van der Waals surface area contributed by atoms with Crippen LogP contribution in [0.5, 0.6) is 0 Å². The van der Waals surface area contributed by atoms with Crippen LogP contribution in [0.3, 0.4) is 0 Å². The monoisotopic (exact) mass is 881 g/mol. The third kappa shape index (κ3) is 8.44. The van der Waals surface area contributed by atoms with Gasteiger partial charge in [0, 0.05) is 97.5 Å². The second kappa shape index (κ2) is 17.9. The van der Waals surface area contributed by atoms with Crippen molar-refractivity contribution >= 4 is 78.5 Å². The van der Waals surface area contributed by atoms with Crippen molar-refractivity contribution in [1.82, 2.24) is 24.9 Å². The number of pyridine rings is 5. The normalized spacial score (nSPS) is 14.2. The molecule has 0 atom stereocenters. The lowest BCUT2D eigenvalue weighted by Gasteiger charge is -2.09. The first-order valence-electron chi connectivity index (χ1n) is 22.3. The summed E-state index contributed by atoms with van der Waals surface area (Å²) >= 11 is 6.19. The SMILES string of the molecule is CCc1nccc2cc(NC3=NCc4cccnc43)ccc12.Clc1cccc2cc(NC3=NCc4cccnc43)ccc12.c1cnc2c(c1)CN=C2Nc1ccc2c(C3CC3)nccc2c1. The molecule has 12 heteroatoms. The van der Waals surface area contributed by atoms with Crippen molar-refractivity contribution in [3.8, 4) is 0 Å². The van der Waals surface area contributed by atoms with Crippen LogP contribution in [0.2, 0.25) is 5.02 Å². The van der Waals surface area contributed by atoms with Gasteiger partial charge in [0.25, 0.3) is 0 Å². The van der Waals surface area contributed by atoms with E-state index in [0.717, 1.165) is 85.1 Å². The van der Waals surface area contributed by atoms with E-state index in [1.165, 1.54) is 51.2 Å². The van der Waals surface area contributed by atoms with Crippen molar-refractivity contribution in [2.24, 2.45) is 15.0 Å². The average molecular weight is 882 g/mol. The minimum absolute atomic E-state index is 0.660. The summed E-state index contributed by atoms with van der Waals surface area (Å²) in [5.74, 6) is 3.19. The molecule has 0 spiro atoms. The fourth-order valence-corrected chi connectivity index (χ4v) is 8.89. The van der Waals surface area contributed by atoms with Crippen molar-refractivity contribution in [3.05, 3.63) is 202 Å². The van der Waals surface area contributed by atoms with E-state index in [9.17, 15) is 0 Å². The topological polar surface area (TPSA) is 138 Å². The molecular formula is C54H44ClN11. The van der Waals surface area contributed by atoms with Crippen LogP contribution in [0, 0.1) is 0 Å². The lowest BCUT2D eigenvalue weighted by molar-refractivity contribution is 1.05. The van der Waals surface area contributed by atoms with Crippen LogP contribution >= 0.6 is 11.6 Å². The van der Waals surface area contributed by atoms with Gasteiger partial charge < -0.3 is 16.0 Å². The largest absolute Gasteiger partial charge is 0.339 e. The van der Waals surface area contributed by atoms with E-state index in [1.807, 2.05) is 67.1 Å². The van der Waals surface area contributed by atoms with Crippen LogP contribution in [0.4, 0.5) is 17.1 Å². The maximum atomic E-state index is 6.19. The Kier molecular flexibility index (Phi) is 11.1. The second-order valence-corrected chi connectivity index (χ2v) is 16.9. The first kappa shape index (κ1) is 40.9. The molecule has 322 valence electrons. The highest BCUT2D eigenvalue weighted by Gasteiger charge is 2.27. The number of benzene rings is 4. The van der Waals surface area contributed by atoms with E-state index in [-0.39, 0.29) is 0 Å². The Bertz CT molecular complexity index is 3410. The fourth-order valence-electron chi connectivity index (χ4n) is 8.64. The van der Waals surface area contributed by atoms with E-state index in [2.05, 4.69) is 136 Å². The number of halogens is 1. The first-order chi connectivity index (χ1) is 32.5. The van der Waals surface area contributed by atoms with Gasteiger partial charge in [-0.2, -0.15) is 0 Å². The molecule has 0 saturated heterocycles. The molecule has 4 aromatic carbocycles. The molecule has 11 nitrogen and oxygen atoms in total. The summed E-state index contributed by atoms with van der Waals surface area (Å²) in [5.41, 5.74) is 11.8. The molecule has 3 aliphatic heterocycles. The minimum atomic E-state index is 0.660. The van der Waals surface area contributed by atoms with Crippen LogP contribution in [0.25, 0.3) is 32.3 Å². The number of hydrogen-bond acceptors (Lipinski definition) is 11. The molecule has 0 radical (unpaired) electrons. The molecular weight excluding hydrogens is 838 g/mol. The average Bonchev–Trinajstić information content (AvgIpc) is 3.83. The molecule has 0 bridgehead atoms. The van der Waals surface area contributed by atoms with Gasteiger partial charge in [-0.25, -0.2) is 0 Å². The number of aliphatic imine (C=N–C) groups is 3. The van der Waals surface area contributed by atoms with Gasteiger partial charge in [0.2, 0.25) is 0 Å².